The Bertz CT molecular complexity index is 1550. The normalized spacial score (nSPS) is 15.1. The van der Waals surface area contributed by atoms with Crippen LogP contribution in [0.15, 0.2) is 46.2 Å². The first kappa shape index (κ1) is 21.7. The fourth-order valence-electron chi connectivity index (χ4n) is 4.48. The highest BCUT2D eigenvalue weighted by molar-refractivity contribution is 5.98. The highest BCUT2D eigenvalue weighted by Crippen LogP contribution is 2.31. The van der Waals surface area contributed by atoms with Gasteiger partial charge < -0.3 is 18.6 Å². The van der Waals surface area contributed by atoms with Gasteiger partial charge in [-0.2, -0.15) is 0 Å². The maximum Gasteiger partial charge on any atom is 0.332 e. The van der Waals surface area contributed by atoms with Gasteiger partial charge >= 0.3 is 5.69 Å². The van der Waals surface area contributed by atoms with Crippen LogP contribution >= 0.6 is 0 Å². The molecule has 1 aliphatic rings. The summed E-state index contributed by atoms with van der Waals surface area (Å²) in [6.45, 7) is 4.73. The molecule has 0 bridgehead atoms. The number of imidazole rings is 1. The van der Waals surface area contributed by atoms with Crippen molar-refractivity contribution in [2.75, 3.05) is 6.61 Å². The molecule has 0 aliphatic carbocycles. The van der Waals surface area contributed by atoms with Gasteiger partial charge in [0, 0.05) is 31.0 Å². The first-order valence-corrected chi connectivity index (χ1v) is 11.0. The van der Waals surface area contributed by atoms with E-state index in [9.17, 15) is 14.4 Å². The van der Waals surface area contributed by atoms with Gasteiger partial charge in [0.25, 0.3) is 5.56 Å². The van der Waals surface area contributed by atoms with Crippen molar-refractivity contribution in [3.8, 4) is 11.5 Å². The molecule has 10 nitrogen and oxygen atoms in total. The second-order valence-corrected chi connectivity index (χ2v) is 8.57. The number of ether oxygens (including phenoxy) is 2. The fraction of sp³-hybridized carbons (Fsp3) is 0.333. The number of aryl methyl sites for hydroxylation is 2. The van der Waals surface area contributed by atoms with Gasteiger partial charge in [0.15, 0.2) is 34.6 Å². The van der Waals surface area contributed by atoms with E-state index in [1.165, 1.54) is 22.5 Å². The van der Waals surface area contributed by atoms with E-state index in [0.717, 1.165) is 21.7 Å². The monoisotopic (exact) mass is 463 g/mol. The lowest BCUT2D eigenvalue weighted by Crippen LogP contribution is -2.37. The number of para-hydroxylation sites is 2. The summed E-state index contributed by atoms with van der Waals surface area (Å²) < 4.78 is 17.8. The van der Waals surface area contributed by atoms with Crippen LogP contribution in [-0.2, 0) is 27.2 Å². The molecule has 4 heterocycles. The van der Waals surface area contributed by atoms with Gasteiger partial charge in [0.05, 0.1) is 19.4 Å². The number of rotatable bonds is 5. The van der Waals surface area contributed by atoms with Gasteiger partial charge in [-0.1, -0.05) is 12.1 Å². The average molecular weight is 463 g/mol. The van der Waals surface area contributed by atoms with E-state index in [2.05, 4.69) is 4.98 Å². The predicted molar refractivity (Wildman–Crippen MR) is 125 cm³/mol. The number of aromatic nitrogens is 5. The Morgan fingerprint density at radius 3 is 2.62 bits per heavy atom. The topological polar surface area (TPSA) is 102 Å². The molecule has 1 atom stereocenters. The van der Waals surface area contributed by atoms with E-state index < -0.39 is 11.2 Å². The molecule has 0 spiro atoms. The number of benzene rings is 1. The van der Waals surface area contributed by atoms with Crippen LogP contribution in [0.3, 0.4) is 0 Å². The molecule has 0 N–H and O–H groups in total. The van der Waals surface area contributed by atoms with Crippen LogP contribution in [0.25, 0.3) is 11.2 Å². The van der Waals surface area contributed by atoms with Crippen LogP contribution in [0.1, 0.15) is 21.7 Å². The summed E-state index contributed by atoms with van der Waals surface area (Å²) in [5.74, 6) is 1.29. The standard InChI is InChI=1S/C24H25N5O5/c1-14-9-17(15(2)29(14)10-16-12-33-19-7-5-6-8-20(19)34-16)18(30)11-28-13-25-22-21(28)23(31)27(4)24(32)26(22)3/h5-9,13,16H,10-12H2,1-4H3. The first-order valence-electron chi connectivity index (χ1n) is 11.0. The SMILES string of the molecule is Cc1cc(C(=O)Cn2cnc3c2c(=O)n(C)c(=O)n3C)c(C)n1CC1COc2ccccc2O1. The minimum Gasteiger partial charge on any atom is -0.486 e. The third-order valence-corrected chi connectivity index (χ3v) is 6.36. The number of hydrogen-bond donors (Lipinski definition) is 0. The smallest absolute Gasteiger partial charge is 0.332 e. The van der Waals surface area contributed by atoms with E-state index in [1.54, 1.807) is 7.05 Å². The number of carbonyl (C=O) groups excluding carboxylic acids is 1. The van der Waals surface area contributed by atoms with Gasteiger partial charge in [-0.3, -0.25) is 18.7 Å². The van der Waals surface area contributed by atoms with Crippen LogP contribution in [-0.4, -0.2) is 41.7 Å². The zero-order valence-corrected chi connectivity index (χ0v) is 19.4. The molecule has 0 saturated carbocycles. The maximum absolute atomic E-state index is 13.3. The summed E-state index contributed by atoms with van der Waals surface area (Å²) in [5.41, 5.74) is 1.84. The van der Waals surface area contributed by atoms with Crippen molar-refractivity contribution in [3.63, 3.8) is 0 Å². The second kappa shape index (κ2) is 8.05. The van der Waals surface area contributed by atoms with Gasteiger partial charge in [-0.05, 0) is 32.0 Å². The quantitative estimate of drug-likeness (QED) is 0.417. The number of ketones is 1. The van der Waals surface area contributed by atoms with Crippen LogP contribution in [0.4, 0.5) is 0 Å². The van der Waals surface area contributed by atoms with Crippen molar-refractivity contribution >= 4 is 16.9 Å². The Balaban J connectivity index is 1.41. The molecule has 0 radical (unpaired) electrons. The summed E-state index contributed by atoms with van der Waals surface area (Å²) in [5, 5.41) is 0. The molecular weight excluding hydrogens is 438 g/mol. The Morgan fingerprint density at radius 2 is 1.85 bits per heavy atom. The third kappa shape index (κ3) is 3.42. The number of nitrogens with zero attached hydrogens (tertiary/aromatic N) is 5. The third-order valence-electron chi connectivity index (χ3n) is 6.36. The molecule has 0 fully saturated rings. The molecule has 5 rings (SSSR count). The highest BCUT2D eigenvalue weighted by atomic mass is 16.6. The summed E-state index contributed by atoms with van der Waals surface area (Å²) in [6, 6.07) is 9.40. The molecule has 0 amide bonds. The van der Waals surface area contributed by atoms with E-state index in [1.807, 2.05) is 48.7 Å². The van der Waals surface area contributed by atoms with Crippen molar-refractivity contribution in [3.05, 3.63) is 74.4 Å². The van der Waals surface area contributed by atoms with Crippen molar-refractivity contribution in [1.82, 2.24) is 23.3 Å². The van der Waals surface area contributed by atoms with Crippen LogP contribution < -0.4 is 20.7 Å². The Labute approximate surface area is 194 Å². The first-order chi connectivity index (χ1) is 16.3. The van der Waals surface area contributed by atoms with Gasteiger partial charge in [0.1, 0.15) is 6.61 Å². The van der Waals surface area contributed by atoms with Crippen molar-refractivity contribution < 1.29 is 14.3 Å². The molecule has 1 aliphatic heterocycles. The maximum atomic E-state index is 13.3. The van der Waals surface area contributed by atoms with Gasteiger partial charge in [-0.25, -0.2) is 9.78 Å². The number of Topliss-reactive ketones (excluding diaryl/α,β-unsaturated/α-hetero) is 1. The summed E-state index contributed by atoms with van der Waals surface area (Å²) in [7, 11) is 2.96. The second-order valence-electron chi connectivity index (χ2n) is 8.57. The largest absolute Gasteiger partial charge is 0.486 e. The van der Waals surface area contributed by atoms with Crippen LogP contribution in [0.2, 0.25) is 0 Å². The Hall–Kier alpha value is -4.08. The summed E-state index contributed by atoms with van der Waals surface area (Å²) in [6.07, 6.45) is 1.23. The van der Waals surface area contributed by atoms with E-state index in [4.69, 9.17) is 9.47 Å². The van der Waals surface area contributed by atoms with Crippen LogP contribution in [0.5, 0.6) is 11.5 Å². The van der Waals surface area contributed by atoms with E-state index in [-0.39, 0.29) is 29.6 Å². The fourth-order valence-corrected chi connectivity index (χ4v) is 4.48. The van der Waals surface area contributed by atoms with E-state index in [0.29, 0.717) is 24.5 Å². The molecule has 176 valence electrons. The number of carbonyl (C=O) groups is 1. The number of fused-ring (bicyclic) bond motifs is 2. The molecule has 4 aromatic rings. The number of hydrogen-bond acceptors (Lipinski definition) is 6. The molecule has 10 heteroatoms. The summed E-state index contributed by atoms with van der Waals surface area (Å²) >= 11 is 0. The minimum atomic E-state index is -0.483. The van der Waals surface area contributed by atoms with Crippen molar-refractivity contribution in [1.29, 1.82) is 0 Å². The average Bonchev–Trinajstić information content (AvgIpc) is 3.37. The zero-order valence-electron chi connectivity index (χ0n) is 19.4. The molecule has 1 unspecified atom stereocenters. The highest BCUT2D eigenvalue weighted by Gasteiger charge is 2.24. The van der Waals surface area contributed by atoms with Gasteiger partial charge in [0.2, 0.25) is 0 Å². The lowest BCUT2D eigenvalue weighted by atomic mass is 10.1. The molecule has 3 aromatic heterocycles. The molecule has 1 aromatic carbocycles. The van der Waals surface area contributed by atoms with Crippen molar-refractivity contribution in [2.24, 2.45) is 14.1 Å². The van der Waals surface area contributed by atoms with Crippen molar-refractivity contribution in [2.45, 2.75) is 33.0 Å². The minimum absolute atomic E-state index is 0.0648. The lowest BCUT2D eigenvalue weighted by molar-refractivity contribution is 0.0777. The van der Waals surface area contributed by atoms with Crippen LogP contribution in [0, 0.1) is 13.8 Å². The Morgan fingerprint density at radius 1 is 1.12 bits per heavy atom. The van der Waals surface area contributed by atoms with E-state index >= 15 is 0 Å². The lowest BCUT2D eigenvalue weighted by Gasteiger charge is -2.27. The molecular formula is C24H25N5O5. The zero-order chi connectivity index (χ0) is 24.1. The summed E-state index contributed by atoms with van der Waals surface area (Å²) in [4.78, 5) is 42.3. The predicted octanol–water partition coefficient (Wildman–Crippen LogP) is 1.57. The molecule has 34 heavy (non-hydrogen) atoms. The molecule has 0 saturated heterocycles. The Kier molecular flexibility index (Phi) is 5.15. The van der Waals surface area contributed by atoms with Gasteiger partial charge in [-0.15, -0.1) is 0 Å².